The molecule has 0 amide bonds. The van der Waals surface area contributed by atoms with Crippen molar-refractivity contribution in [2.75, 3.05) is 6.54 Å². The van der Waals surface area contributed by atoms with Gasteiger partial charge in [-0.25, -0.2) is 4.39 Å². The molecule has 1 aliphatic rings. The molecule has 0 bridgehead atoms. The third-order valence-corrected chi connectivity index (χ3v) is 2.53. The molecule has 1 N–H and O–H groups in total. The maximum absolute atomic E-state index is 12.7. The fraction of sp³-hybridized carbons (Fsp3) is 0.231. The predicted molar refractivity (Wildman–Crippen MR) is 60.8 cm³/mol. The van der Waals surface area contributed by atoms with Crippen LogP contribution in [0.4, 0.5) is 4.39 Å². The Kier molecular flexibility index (Phi) is 2.86. The monoisotopic (exact) mass is 203 g/mol. The first kappa shape index (κ1) is 9.97. The van der Waals surface area contributed by atoms with Crippen LogP contribution in [0, 0.1) is 5.82 Å². The molecule has 0 radical (unpaired) electrons. The Balaban J connectivity index is 2.21. The van der Waals surface area contributed by atoms with Gasteiger partial charge < -0.3 is 5.32 Å². The van der Waals surface area contributed by atoms with Gasteiger partial charge in [-0.3, -0.25) is 0 Å². The minimum Gasteiger partial charge on any atom is -0.381 e. The van der Waals surface area contributed by atoms with Gasteiger partial charge >= 0.3 is 0 Å². The summed E-state index contributed by atoms with van der Waals surface area (Å²) in [6.07, 6.45) is 5.28. The number of allylic oxidation sites excluding steroid dienone is 2. The average molecular weight is 203 g/mol. The topological polar surface area (TPSA) is 12.0 Å². The molecular weight excluding hydrogens is 189 g/mol. The Bertz CT molecular complexity index is 401. The zero-order valence-electron chi connectivity index (χ0n) is 8.76. The Morgan fingerprint density at radius 2 is 1.87 bits per heavy atom. The summed E-state index contributed by atoms with van der Waals surface area (Å²) >= 11 is 0. The van der Waals surface area contributed by atoms with Crippen molar-refractivity contribution in [1.29, 1.82) is 0 Å². The lowest BCUT2D eigenvalue weighted by molar-refractivity contribution is 0.627. The van der Waals surface area contributed by atoms with Crippen LogP contribution in [0.2, 0.25) is 0 Å². The van der Waals surface area contributed by atoms with Gasteiger partial charge in [-0.1, -0.05) is 29.9 Å². The van der Waals surface area contributed by atoms with Crippen LogP contribution in [0.1, 0.15) is 18.9 Å². The third kappa shape index (κ3) is 2.46. The van der Waals surface area contributed by atoms with E-state index in [0.717, 1.165) is 24.2 Å². The van der Waals surface area contributed by atoms with E-state index in [0.29, 0.717) is 0 Å². The van der Waals surface area contributed by atoms with Crippen LogP contribution >= 0.6 is 0 Å². The molecule has 78 valence electrons. The van der Waals surface area contributed by atoms with Crippen molar-refractivity contribution in [3.63, 3.8) is 0 Å². The molecule has 0 aliphatic carbocycles. The van der Waals surface area contributed by atoms with Crippen LogP contribution in [-0.2, 0) is 0 Å². The molecule has 1 aromatic rings. The van der Waals surface area contributed by atoms with Crippen molar-refractivity contribution in [3.05, 3.63) is 53.4 Å². The molecule has 1 heterocycles. The van der Waals surface area contributed by atoms with Gasteiger partial charge in [0, 0.05) is 12.2 Å². The summed E-state index contributed by atoms with van der Waals surface area (Å²) in [5, 5.41) is 3.31. The van der Waals surface area contributed by atoms with Crippen LogP contribution in [0.3, 0.4) is 0 Å². The zero-order chi connectivity index (χ0) is 10.7. The van der Waals surface area contributed by atoms with Gasteiger partial charge in [-0.2, -0.15) is 0 Å². The molecule has 0 aromatic heterocycles. The van der Waals surface area contributed by atoms with Crippen LogP contribution < -0.4 is 5.32 Å². The second-order valence-electron chi connectivity index (χ2n) is 3.76. The quantitative estimate of drug-likeness (QED) is 0.691. The number of rotatable bonds is 1. The fourth-order valence-electron chi connectivity index (χ4n) is 1.60. The lowest BCUT2D eigenvalue weighted by atomic mass is 10.1. The number of hydrogen-bond donors (Lipinski definition) is 1. The van der Waals surface area contributed by atoms with Crippen molar-refractivity contribution >= 4 is 5.70 Å². The summed E-state index contributed by atoms with van der Waals surface area (Å²) in [6.45, 7) is 2.96. The van der Waals surface area contributed by atoms with Gasteiger partial charge in [-0.05, 0) is 31.0 Å². The van der Waals surface area contributed by atoms with Crippen molar-refractivity contribution in [2.24, 2.45) is 0 Å². The molecule has 0 spiro atoms. The second kappa shape index (κ2) is 4.30. The highest BCUT2D eigenvalue weighted by atomic mass is 19.1. The van der Waals surface area contributed by atoms with E-state index in [-0.39, 0.29) is 5.82 Å². The predicted octanol–water partition coefficient (Wildman–Crippen LogP) is 3.11. The Morgan fingerprint density at radius 3 is 2.60 bits per heavy atom. The molecule has 0 atom stereocenters. The molecule has 15 heavy (non-hydrogen) atoms. The molecule has 1 aromatic carbocycles. The second-order valence-corrected chi connectivity index (χ2v) is 3.76. The summed E-state index contributed by atoms with van der Waals surface area (Å²) in [6, 6.07) is 6.58. The van der Waals surface area contributed by atoms with E-state index in [1.807, 2.05) is 0 Å². The highest BCUT2D eigenvalue weighted by Gasteiger charge is 2.03. The smallest absolute Gasteiger partial charge is 0.123 e. The molecule has 1 aliphatic heterocycles. The minimum atomic E-state index is -0.192. The molecule has 2 heteroatoms. The highest BCUT2D eigenvalue weighted by Crippen LogP contribution is 2.16. The highest BCUT2D eigenvalue weighted by molar-refractivity contribution is 5.64. The number of hydrogen-bond acceptors (Lipinski definition) is 1. The van der Waals surface area contributed by atoms with Crippen molar-refractivity contribution in [2.45, 2.75) is 13.3 Å². The Hall–Kier alpha value is -1.57. The van der Waals surface area contributed by atoms with Gasteiger partial charge in [0.2, 0.25) is 0 Å². The van der Waals surface area contributed by atoms with E-state index in [2.05, 4.69) is 24.4 Å². The standard InChI is InChI=1S/C13H14FN/c1-10-2-7-13(15-9-8-10)11-3-5-12(14)6-4-11/h3-8,15H,2,9H2,1H3. The minimum absolute atomic E-state index is 0.192. The summed E-state index contributed by atoms with van der Waals surface area (Å²) in [4.78, 5) is 0. The van der Waals surface area contributed by atoms with Gasteiger partial charge in [-0.15, -0.1) is 0 Å². The molecule has 0 unspecified atom stereocenters. The van der Waals surface area contributed by atoms with E-state index in [9.17, 15) is 4.39 Å². The van der Waals surface area contributed by atoms with Crippen molar-refractivity contribution < 1.29 is 4.39 Å². The molecule has 0 saturated carbocycles. The lowest BCUT2D eigenvalue weighted by Gasteiger charge is -2.07. The third-order valence-electron chi connectivity index (χ3n) is 2.53. The average Bonchev–Trinajstić information content (AvgIpc) is 2.44. The molecular formula is C13H14FN. The Labute approximate surface area is 89.3 Å². The fourth-order valence-corrected chi connectivity index (χ4v) is 1.60. The number of nitrogens with one attached hydrogen (secondary N) is 1. The number of halogens is 1. The van der Waals surface area contributed by atoms with Crippen LogP contribution in [0.25, 0.3) is 5.70 Å². The summed E-state index contributed by atoms with van der Waals surface area (Å²) < 4.78 is 12.7. The van der Waals surface area contributed by atoms with E-state index < -0.39 is 0 Å². The van der Waals surface area contributed by atoms with Crippen molar-refractivity contribution in [1.82, 2.24) is 5.32 Å². The van der Waals surface area contributed by atoms with E-state index >= 15 is 0 Å². The zero-order valence-corrected chi connectivity index (χ0v) is 8.76. The first-order valence-corrected chi connectivity index (χ1v) is 5.11. The van der Waals surface area contributed by atoms with Gasteiger partial charge in [0.1, 0.15) is 5.82 Å². The van der Waals surface area contributed by atoms with Crippen molar-refractivity contribution in [3.8, 4) is 0 Å². The summed E-state index contributed by atoms with van der Waals surface area (Å²) in [5.41, 5.74) is 3.49. The summed E-state index contributed by atoms with van der Waals surface area (Å²) in [5.74, 6) is -0.192. The SMILES string of the molecule is CC1=CCNC(c2ccc(F)cc2)=CC1. The molecule has 2 rings (SSSR count). The van der Waals surface area contributed by atoms with Crippen LogP contribution in [0.5, 0.6) is 0 Å². The largest absolute Gasteiger partial charge is 0.381 e. The first-order chi connectivity index (χ1) is 7.25. The normalized spacial score (nSPS) is 16.1. The summed E-state index contributed by atoms with van der Waals surface area (Å²) in [7, 11) is 0. The maximum Gasteiger partial charge on any atom is 0.123 e. The van der Waals surface area contributed by atoms with Crippen LogP contribution in [-0.4, -0.2) is 6.54 Å². The van der Waals surface area contributed by atoms with Gasteiger partial charge in [0.25, 0.3) is 0 Å². The Morgan fingerprint density at radius 1 is 1.13 bits per heavy atom. The van der Waals surface area contributed by atoms with Gasteiger partial charge in [0.05, 0.1) is 0 Å². The molecule has 0 saturated heterocycles. The van der Waals surface area contributed by atoms with Crippen LogP contribution in [0.15, 0.2) is 42.0 Å². The van der Waals surface area contributed by atoms with E-state index in [1.54, 1.807) is 12.1 Å². The number of benzene rings is 1. The van der Waals surface area contributed by atoms with Gasteiger partial charge in [0.15, 0.2) is 0 Å². The molecule has 1 nitrogen and oxygen atoms in total. The lowest BCUT2D eigenvalue weighted by Crippen LogP contribution is -2.10. The first-order valence-electron chi connectivity index (χ1n) is 5.11. The van der Waals surface area contributed by atoms with E-state index in [4.69, 9.17) is 0 Å². The maximum atomic E-state index is 12.7. The molecule has 0 fully saturated rings. The van der Waals surface area contributed by atoms with E-state index in [1.165, 1.54) is 17.7 Å².